The van der Waals surface area contributed by atoms with E-state index in [1.54, 1.807) is 13.8 Å². The predicted octanol–water partition coefficient (Wildman–Crippen LogP) is 1.01. The summed E-state index contributed by atoms with van der Waals surface area (Å²) in [5.74, 6) is -6.14. The molecule has 0 spiro atoms. The van der Waals surface area contributed by atoms with Crippen molar-refractivity contribution in [2.75, 3.05) is 0 Å². The van der Waals surface area contributed by atoms with Crippen LogP contribution >= 0.6 is 11.8 Å². The second kappa shape index (κ2) is 8.31. The highest BCUT2D eigenvalue weighted by Crippen LogP contribution is 2.61. The second-order valence-corrected chi connectivity index (χ2v) is 12.1. The minimum atomic E-state index is -5.82. The normalized spacial score (nSPS) is 33.9. The summed E-state index contributed by atoms with van der Waals surface area (Å²) in [5.41, 5.74) is -1.24. The molecule has 0 saturated carbocycles. The van der Waals surface area contributed by atoms with Gasteiger partial charge in [-0.1, -0.05) is 13.8 Å². The van der Waals surface area contributed by atoms with E-state index in [4.69, 9.17) is 14.0 Å². The zero-order valence-corrected chi connectivity index (χ0v) is 20.1. The Morgan fingerprint density at radius 1 is 1.12 bits per heavy atom. The van der Waals surface area contributed by atoms with Crippen molar-refractivity contribution in [3.8, 4) is 0 Å². The number of fused-ring (bicyclic) bond motifs is 1. The third-order valence-electron chi connectivity index (χ3n) is 6.58. The lowest BCUT2D eigenvalue weighted by Gasteiger charge is -2.37. The fourth-order valence-corrected chi connectivity index (χ4v) is 7.19. The lowest BCUT2D eigenvalue weighted by Crippen LogP contribution is -2.52. The van der Waals surface area contributed by atoms with Crippen molar-refractivity contribution in [2.45, 2.75) is 74.3 Å². The summed E-state index contributed by atoms with van der Waals surface area (Å²) < 4.78 is 73.0. The molecule has 2 bridgehead atoms. The Morgan fingerprint density at radius 2 is 1.67 bits per heavy atom. The van der Waals surface area contributed by atoms with Gasteiger partial charge in [-0.3, -0.25) is 18.9 Å². The van der Waals surface area contributed by atoms with Crippen molar-refractivity contribution in [1.82, 2.24) is 0 Å². The summed E-state index contributed by atoms with van der Waals surface area (Å²) in [6, 6.07) is 0. The van der Waals surface area contributed by atoms with Gasteiger partial charge in [-0.2, -0.15) is 17.2 Å². The van der Waals surface area contributed by atoms with Gasteiger partial charge in [-0.05, 0) is 20.8 Å². The van der Waals surface area contributed by atoms with E-state index >= 15 is 0 Å². The molecule has 3 fully saturated rings. The van der Waals surface area contributed by atoms with Crippen molar-refractivity contribution >= 4 is 39.8 Å². The molecule has 3 saturated heterocycles. The Balaban J connectivity index is 1.67. The van der Waals surface area contributed by atoms with Crippen molar-refractivity contribution < 1.29 is 55.5 Å². The van der Waals surface area contributed by atoms with Crippen LogP contribution in [0, 0.1) is 23.7 Å². The SMILES string of the molecule is CC(C(=O)OC1C2OC(=O)C3C2SC1C3C(C)(C)O)C(C)C(=O)OC(C)C(F)(F)S(=O)(=O)O. The molecule has 0 amide bonds. The fraction of sp³-hybridized carbons (Fsp3) is 0.842. The maximum Gasteiger partial charge on any atom is 0.405 e. The smallest absolute Gasteiger partial charge is 0.405 e. The van der Waals surface area contributed by atoms with Crippen molar-refractivity contribution in [1.29, 1.82) is 0 Å². The molecule has 3 aliphatic heterocycles. The first kappa shape index (κ1) is 26.1. The number of rotatable bonds is 8. The number of esters is 3. The first-order valence-electron chi connectivity index (χ1n) is 10.2. The van der Waals surface area contributed by atoms with Crippen LogP contribution in [0.1, 0.15) is 34.6 Å². The van der Waals surface area contributed by atoms with E-state index in [0.717, 1.165) is 0 Å². The highest BCUT2D eigenvalue weighted by Gasteiger charge is 2.71. The summed E-state index contributed by atoms with van der Waals surface area (Å²) in [5, 5.41) is 5.13. The van der Waals surface area contributed by atoms with Gasteiger partial charge in [-0.25, -0.2) is 0 Å². The minimum Gasteiger partial charge on any atom is -0.457 e. The third kappa shape index (κ3) is 4.34. The molecule has 10 nitrogen and oxygen atoms in total. The van der Waals surface area contributed by atoms with Crippen LogP contribution in [0.3, 0.4) is 0 Å². The maximum absolute atomic E-state index is 13.6. The van der Waals surface area contributed by atoms with Crippen LogP contribution in [0.4, 0.5) is 8.78 Å². The van der Waals surface area contributed by atoms with Crippen LogP contribution in [0.2, 0.25) is 0 Å². The van der Waals surface area contributed by atoms with Gasteiger partial charge >= 0.3 is 33.3 Å². The van der Waals surface area contributed by atoms with Crippen LogP contribution in [0.5, 0.6) is 0 Å². The van der Waals surface area contributed by atoms with Gasteiger partial charge in [0.05, 0.1) is 33.9 Å². The summed E-state index contributed by atoms with van der Waals surface area (Å²) in [4.78, 5) is 37.3. The van der Waals surface area contributed by atoms with E-state index in [-0.39, 0.29) is 5.25 Å². The molecule has 0 aromatic carbocycles. The minimum absolute atomic E-state index is 0.280. The molecule has 0 aliphatic carbocycles. The molecular formula is C19H26F2O10S2. The molecule has 2 N–H and O–H groups in total. The molecule has 188 valence electrons. The Bertz CT molecular complexity index is 947. The Labute approximate surface area is 193 Å². The van der Waals surface area contributed by atoms with Crippen LogP contribution in [-0.2, 0) is 38.7 Å². The Morgan fingerprint density at radius 3 is 2.18 bits per heavy atom. The van der Waals surface area contributed by atoms with Gasteiger partial charge in [-0.15, -0.1) is 11.8 Å². The van der Waals surface area contributed by atoms with Gasteiger partial charge in [0.15, 0.2) is 18.3 Å². The number of aliphatic hydroxyl groups is 1. The van der Waals surface area contributed by atoms with E-state index in [0.29, 0.717) is 6.92 Å². The highest BCUT2D eigenvalue weighted by molar-refractivity contribution is 8.01. The summed E-state index contributed by atoms with van der Waals surface area (Å²) in [6.07, 6.45) is -4.06. The molecule has 9 unspecified atom stereocenters. The van der Waals surface area contributed by atoms with Crippen LogP contribution in [0.25, 0.3) is 0 Å². The number of ether oxygens (including phenoxy) is 3. The molecule has 9 atom stereocenters. The van der Waals surface area contributed by atoms with E-state index < -0.39 is 86.1 Å². The average molecular weight is 517 g/mol. The van der Waals surface area contributed by atoms with Crippen LogP contribution < -0.4 is 0 Å². The third-order valence-corrected chi connectivity index (χ3v) is 9.35. The molecule has 33 heavy (non-hydrogen) atoms. The molecule has 14 heteroatoms. The maximum atomic E-state index is 13.6. The first-order valence-corrected chi connectivity index (χ1v) is 12.6. The fourth-order valence-electron chi connectivity index (χ4n) is 4.51. The van der Waals surface area contributed by atoms with Crippen LogP contribution in [0.15, 0.2) is 0 Å². The molecule has 0 radical (unpaired) electrons. The lowest BCUT2D eigenvalue weighted by molar-refractivity contribution is -0.174. The number of carbonyl (C=O) groups is 3. The van der Waals surface area contributed by atoms with Gasteiger partial charge in [0.2, 0.25) is 0 Å². The average Bonchev–Trinajstić information content (AvgIpc) is 3.28. The first-order chi connectivity index (χ1) is 14.9. The Kier molecular flexibility index (Phi) is 6.57. The number of halogens is 2. The van der Waals surface area contributed by atoms with Crippen LogP contribution in [-0.4, -0.2) is 75.7 Å². The largest absolute Gasteiger partial charge is 0.457 e. The molecule has 0 aromatic heterocycles. The van der Waals surface area contributed by atoms with Gasteiger partial charge in [0, 0.05) is 5.92 Å². The summed E-state index contributed by atoms with van der Waals surface area (Å²) >= 11 is 1.40. The van der Waals surface area contributed by atoms with Gasteiger partial charge < -0.3 is 19.3 Å². The quantitative estimate of drug-likeness (QED) is 0.270. The van der Waals surface area contributed by atoms with E-state index in [9.17, 15) is 36.7 Å². The number of hydrogen-bond donors (Lipinski definition) is 2. The van der Waals surface area contributed by atoms with Crippen molar-refractivity contribution in [3.63, 3.8) is 0 Å². The summed E-state index contributed by atoms with van der Waals surface area (Å²) in [6.45, 7) is 6.23. The standard InChI is InChI=1S/C19H26F2O10S2/c1-6(15(22)29-8(3)19(20,21)33(26,27)28)7(2)16(23)30-12-11-13-9(17(24)31-11)10(14(12)32-13)18(4,5)25/h6-14,25H,1-5H3,(H,26,27,28). The topological polar surface area (TPSA) is 154 Å². The number of thioether (sulfide) groups is 1. The molecule has 3 aliphatic rings. The highest BCUT2D eigenvalue weighted by atomic mass is 32.2. The van der Waals surface area contributed by atoms with Gasteiger partial charge in [0.1, 0.15) is 0 Å². The second-order valence-electron chi connectivity index (χ2n) is 9.27. The van der Waals surface area contributed by atoms with E-state index in [1.165, 1.54) is 25.6 Å². The molecule has 3 heterocycles. The van der Waals surface area contributed by atoms with Crippen molar-refractivity contribution in [3.05, 3.63) is 0 Å². The van der Waals surface area contributed by atoms with Gasteiger partial charge in [0.25, 0.3) is 0 Å². The lowest BCUT2D eigenvalue weighted by atomic mass is 9.71. The van der Waals surface area contributed by atoms with E-state index in [2.05, 4.69) is 4.74 Å². The number of carbonyl (C=O) groups excluding carboxylic acids is 3. The molecular weight excluding hydrogens is 490 g/mol. The van der Waals surface area contributed by atoms with Crippen molar-refractivity contribution in [2.24, 2.45) is 23.7 Å². The zero-order chi connectivity index (χ0) is 25.3. The number of hydrogen-bond acceptors (Lipinski definition) is 10. The molecule has 0 aromatic rings. The predicted molar refractivity (Wildman–Crippen MR) is 109 cm³/mol. The zero-order valence-electron chi connectivity index (χ0n) is 18.4. The Hall–Kier alpha value is -1.51. The monoisotopic (exact) mass is 516 g/mol. The number of alkyl halides is 2. The summed E-state index contributed by atoms with van der Waals surface area (Å²) in [7, 11) is -5.82. The molecule has 3 rings (SSSR count). The van der Waals surface area contributed by atoms with E-state index in [1.807, 2.05) is 0 Å².